The van der Waals surface area contributed by atoms with Gasteiger partial charge in [-0.05, 0) is 68.2 Å². The van der Waals surface area contributed by atoms with Gasteiger partial charge in [0.2, 0.25) is 0 Å². The molecule has 0 bridgehead atoms. The first-order valence-corrected chi connectivity index (χ1v) is 8.93. The van der Waals surface area contributed by atoms with Crippen molar-refractivity contribution in [2.24, 2.45) is 11.8 Å². The van der Waals surface area contributed by atoms with Crippen molar-refractivity contribution < 1.29 is 5.11 Å². The maximum absolute atomic E-state index is 9.91. The SMILES string of the molecule is Oc1cccc(C23CC=CC[C@H]2CN(CC2CCC2)CC3)c1. The van der Waals surface area contributed by atoms with Gasteiger partial charge in [0.25, 0.3) is 0 Å². The maximum Gasteiger partial charge on any atom is 0.115 e. The second-order valence-corrected chi connectivity index (χ2v) is 7.62. The summed E-state index contributed by atoms with van der Waals surface area (Å²) in [4.78, 5) is 2.72. The first kappa shape index (κ1) is 14.3. The van der Waals surface area contributed by atoms with Crippen LogP contribution in [-0.2, 0) is 5.41 Å². The quantitative estimate of drug-likeness (QED) is 0.849. The lowest BCUT2D eigenvalue weighted by Crippen LogP contribution is -2.51. The summed E-state index contributed by atoms with van der Waals surface area (Å²) in [5, 5.41) is 9.91. The second kappa shape index (κ2) is 5.73. The number of piperidine rings is 1. The van der Waals surface area contributed by atoms with Crippen molar-refractivity contribution in [1.29, 1.82) is 0 Å². The first-order chi connectivity index (χ1) is 10.8. The zero-order valence-electron chi connectivity index (χ0n) is 13.4. The fraction of sp³-hybridized carbons (Fsp3) is 0.600. The molecule has 118 valence electrons. The Balaban J connectivity index is 1.56. The third-order valence-corrected chi connectivity index (χ3v) is 6.37. The smallest absolute Gasteiger partial charge is 0.115 e. The molecule has 4 rings (SSSR count). The minimum atomic E-state index is 0.254. The van der Waals surface area contributed by atoms with Crippen molar-refractivity contribution in [3.63, 3.8) is 0 Å². The number of fused-ring (bicyclic) bond motifs is 1. The molecule has 0 amide bonds. The van der Waals surface area contributed by atoms with E-state index < -0.39 is 0 Å². The summed E-state index contributed by atoms with van der Waals surface area (Å²) in [6, 6.07) is 8.04. The van der Waals surface area contributed by atoms with Crippen molar-refractivity contribution in [3.8, 4) is 5.75 Å². The fourth-order valence-corrected chi connectivity index (χ4v) is 4.78. The Morgan fingerprint density at radius 1 is 1.23 bits per heavy atom. The third-order valence-electron chi connectivity index (χ3n) is 6.37. The van der Waals surface area contributed by atoms with Crippen molar-refractivity contribution in [2.75, 3.05) is 19.6 Å². The van der Waals surface area contributed by atoms with Gasteiger partial charge in [-0.2, -0.15) is 0 Å². The van der Waals surface area contributed by atoms with Crippen molar-refractivity contribution in [1.82, 2.24) is 4.90 Å². The highest BCUT2D eigenvalue weighted by Gasteiger charge is 2.44. The van der Waals surface area contributed by atoms with Gasteiger partial charge in [0.05, 0.1) is 0 Å². The molecule has 22 heavy (non-hydrogen) atoms. The van der Waals surface area contributed by atoms with Crippen LogP contribution in [-0.4, -0.2) is 29.6 Å². The van der Waals surface area contributed by atoms with Gasteiger partial charge in [0, 0.05) is 18.5 Å². The Morgan fingerprint density at radius 3 is 2.91 bits per heavy atom. The van der Waals surface area contributed by atoms with E-state index in [4.69, 9.17) is 0 Å². The molecule has 1 N–H and O–H groups in total. The molecule has 2 heteroatoms. The number of likely N-dealkylation sites (tertiary alicyclic amines) is 1. The van der Waals surface area contributed by atoms with E-state index in [1.54, 1.807) is 6.07 Å². The molecule has 2 aliphatic carbocycles. The van der Waals surface area contributed by atoms with E-state index in [0.29, 0.717) is 11.7 Å². The summed E-state index contributed by atoms with van der Waals surface area (Å²) < 4.78 is 0. The molecule has 1 unspecified atom stereocenters. The zero-order valence-corrected chi connectivity index (χ0v) is 13.4. The van der Waals surface area contributed by atoms with Gasteiger partial charge in [0.15, 0.2) is 0 Å². The fourth-order valence-electron chi connectivity index (χ4n) is 4.78. The van der Waals surface area contributed by atoms with Crippen LogP contribution in [0.5, 0.6) is 5.75 Å². The van der Waals surface area contributed by atoms with Gasteiger partial charge in [-0.15, -0.1) is 0 Å². The summed E-state index contributed by atoms with van der Waals surface area (Å²) in [5.41, 5.74) is 1.61. The predicted molar refractivity (Wildman–Crippen MR) is 90.0 cm³/mol. The van der Waals surface area contributed by atoms with Crippen LogP contribution in [0.25, 0.3) is 0 Å². The molecule has 0 aromatic heterocycles. The van der Waals surface area contributed by atoms with Crippen molar-refractivity contribution in [3.05, 3.63) is 42.0 Å². The molecule has 1 saturated heterocycles. The van der Waals surface area contributed by atoms with E-state index in [1.165, 1.54) is 57.3 Å². The van der Waals surface area contributed by atoms with E-state index in [9.17, 15) is 5.11 Å². The van der Waals surface area contributed by atoms with Gasteiger partial charge in [-0.3, -0.25) is 0 Å². The second-order valence-electron chi connectivity index (χ2n) is 7.62. The average Bonchev–Trinajstić information content (AvgIpc) is 2.51. The van der Waals surface area contributed by atoms with Crippen LogP contribution in [0.1, 0.15) is 44.1 Å². The van der Waals surface area contributed by atoms with E-state index in [1.807, 2.05) is 12.1 Å². The molecule has 2 fully saturated rings. The monoisotopic (exact) mass is 297 g/mol. The zero-order chi connectivity index (χ0) is 15.0. The number of nitrogens with zero attached hydrogens (tertiary/aromatic N) is 1. The molecule has 2 atom stereocenters. The van der Waals surface area contributed by atoms with Crippen LogP contribution >= 0.6 is 0 Å². The number of benzene rings is 1. The third kappa shape index (κ3) is 2.48. The van der Waals surface area contributed by atoms with Gasteiger partial charge in [0.1, 0.15) is 5.75 Å². The average molecular weight is 297 g/mol. The topological polar surface area (TPSA) is 23.5 Å². The summed E-state index contributed by atoms with van der Waals surface area (Å²) in [6.07, 6.45) is 12.6. The van der Waals surface area contributed by atoms with Gasteiger partial charge >= 0.3 is 0 Å². The molecule has 1 heterocycles. The van der Waals surface area contributed by atoms with Crippen LogP contribution in [0.15, 0.2) is 36.4 Å². The highest BCUT2D eigenvalue weighted by atomic mass is 16.3. The Bertz CT molecular complexity index is 563. The van der Waals surface area contributed by atoms with Crippen LogP contribution in [0.4, 0.5) is 0 Å². The highest BCUT2D eigenvalue weighted by Crippen LogP contribution is 2.47. The molecular formula is C20H27NO. The lowest BCUT2D eigenvalue weighted by Gasteiger charge is -2.50. The number of allylic oxidation sites excluding steroid dienone is 2. The summed E-state index contributed by atoms with van der Waals surface area (Å²) in [5.74, 6) is 2.08. The number of phenolic OH excluding ortho intramolecular Hbond substituents is 1. The molecule has 1 aromatic carbocycles. The standard InChI is InChI=1S/C20H27NO/c22-19-9-4-8-17(13-19)20-10-2-1-7-18(20)15-21(12-11-20)14-16-5-3-6-16/h1-2,4,8-9,13,16,18,22H,3,5-7,10-12,14-15H2/t18-,20?/m0/s1. The number of rotatable bonds is 3. The molecule has 0 spiro atoms. The van der Waals surface area contributed by atoms with E-state index >= 15 is 0 Å². The summed E-state index contributed by atoms with van der Waals surface area (Å²) in [6.45, 7) is 3.77. The van der Waals surface area contributed by atoms with E-state index in [2.05, 4.69) is 23.1 Å². The van der Waals surface area contributed by atoms with Crippen molar-refractivity contribution >= 4 is 0 Å². The minimum absolute atomic E-state index is 0.254. The minimum Gasteiger partial charge on any atom is -0.508 e. The van der Waals surface area contributed by atoms with E-state index in [0.717, 1.165) is 12.3 Å². The molecule has 3 aliphatic rings. The van der Waals surface area contributed by atoms with Gasteiger partial charge in [-0.1, -0.05) is 30.7 Å². The van der Waals surface area contributed by atoms with Crippen LogP contribution < -0.4 is 0 Å². The van der Waals surface area contributed by atoms with Crippen LogP contribution in [0, 0.1) is 11.8 Å². The molecule has 0 radical (unpaired) electrons. The molecule has 2 nitrogen and oxygen atoms in total. The van der Waals surface area contributed by atoms with Crippen molar-refractivity contribution in [2.45, 2.75) is 43.9 Å². The normalized spacial score (nSPS) is 32.5. The Hall–Kier alpha value is -1.28. The first-order valence-electron chi connectivity index (χ1n) is 8.93. The molecule has 1 aromatic rings. The molecule has 1 saturated carbocycles. The lowest BCUT2D eigenvalue weighted by atomic mass is 9.61. The Labute approximate surface area is 133 Å². The highest BCUT2D eigenvalue weighted by molar-refractivity contribution is 5.36. The van der Waals surface area contributed by atoms with Crippen LogP contribution in [0.3, 0.4) is 0 Å². The number of hydrogen-bond donors (Lipinski definition) is 1. The predicted octanol–water partition coefficient (Wildman–Crippen LogP) is 4.10. The Kier molecular flexibility index (Phi) is 3.73. The lowest BCUT2D eigenvalue weighted by molar-refractivity contribution is 0.0636. The van der Waals surface area contributed by atoms with Crippen LogP contribution in [0.2, 0.25) is 0 Å². The van der Waals surface area contributed by atoms with Gasteiger partial charge < -0.3 is 10.0 Å². The Morgan fingerprint density at radius 2 is 2.14 bits per heavy atom. The number of hydrogen-bond acceptors (Lipinski definition) is 2. The molecule has 1 aliphatic heterocycles. The van der Waals surface area contributed by atoms with E-state index in [-0.39, 0.29) is 5.41 Å². The number of phenols is 1. The largest absolute Gasteiger partial charge is 0.508 e. The van der Waals surface area contributed by atoms with Gasteiger partial charge in [-0.25, -0.2) is 0 Å². The maximum atomic E-state index is 9.91. The molecular weight excluding hydrogens is 270 g/mol. The summed E-state index contributed by atoms with van der Waals surface area (Å²) in [7, 11) is 0. The summed E-state index contributed by atoms with van der Waals surface area (Å²) >= 11 is 0. The number of aromatic hydroxyl groups is 1.